The molecule has 0 aromatic heterocycles. The van der Waals surface area contributed by atoms with Gasteiger partial charge in [0.1, 0.15) is 6.10 Å². The Morgan fingerprint density at radius 1 is 0.433 bits per heavy atom. The topological polar surface area (TPSA) is 95.9 Å². The summed E-state index contributed by atoms with van der Waals surface area (Å²) < 4.78 is 5.96. The minimum absolute atomic E-state index is 0.0672. The molecule has 0 aliphatic carbocycles. The molecule has 0 aliphatic heterocycles. The Morgan fingerprint density at radius 2 is 0.761 bits per heavy atom. The molecular formula is C61H115NO5. The highest BCUT2D eigenvalue weighted by atomic mass is 16.5. The van der Waals surface area contributed by atoms with E-state index in [1.807, 2.05) is 0 Å². The number of hydrogen-bond donors (Lipinski definition) is 3. The second kappa shape index (κ2) is 55.0. The molecule has 0 saturated heterocycles. The van der Waals surface area contributed by atoms with Crippen LogP contribution >= 0.6 is 0 Å². The maximum absolute atomic E-state index is 13.3. The van der Waals surface area contributed by atoms with Gasteiger partial charge in [-0.3, -0.25) is 9.59 Å². The van der Waals surface area contributed by atoms with Crippen LogP contribution in [0.25, 0.3) is 0 Å². The van der Waals surface area contributed by atoms with Crippen molar-refractivity contribution < 1.29 is 24.5 Å². The maximum atomic E-state index is 13.3. The van der Waals surface area contributed by atoms with E-state index >= 15 is 0 Å². The van der Waals surface area contributed by atoms with Gasteiger partial charge in [-0.2, -0.15) is 0 Å². The zero-order chi connectivity index (χ0) is 48.8. The average Bonchev–Trinajstić information content (AvgIpc) is 3.32. The highest BCUT2D eigenvalue weighted by Gasteiger charge is 2.24. The van der Waals surface area contributed by atoms with Gasteiger partial charge in [-0.25, -0.2) is 0 Å². The van der Waals surface area contributed by atoms with E-state index in [2.05, 4.69) is 62.5 Å². The molecule has 0 aliphatic rings. The molecule has 67 heavy (non-hydrogen) atoms. The molecular weight excluding hydrogens is 827 g/mol. The van der Waals surface area contributed by atoms with Gasteiger partial charge in [0.2, 0.25) is 5.91 Å². The zero-order valence-corrected chi connectivity index (χ0v) is 45.0. The summed E-state index contributed by atoms with van der Waals surface area (Å²) in [5.74, 6) is -0.477. The number of hydrogen-bond acceptors (Lipinski definition) is 5. The van der Waals surface area contributed by atoms with Gasteiger partial charge in [-0.15, -0.1) is 0 Å². The van der Waals surface area contributed by atoms with Crippen molar-refractivity contribution in [2.75, 3.05) is 6.61 Å². The first-order valence-corrected chi connectivity index (χ1v) is 29.7. The first-order chi connectivity index (χ1) is 33.0. The van der Waals surface area contributed by atoms with Crippen molar-refractivity contribution in [2.45, 2.75) is 334 Å². The Labute approximate surface area is 417 Å². The van der Waals surface area contributed by atoms with Crippen molar-refractivity contribution in [1.82, 2.24) is 5.32 Å². The van der Waals surface area contributed by atoms with E-state index in [9.17, 15) is 19.8 Å². The largest absolute Gasteiger partial charge is 0.462 e. The maximum Gasteiger partial charge on any atom is 0.306 e. The van der Waals surface area contributed by atoms with Crippen LogP contribution in [-0.4, -0.2) is 46.9 Å². The Bertz CT molecular complexity index is 1100. The van der Waals surface area contributed by atoms with E-state index in [1.165, 1.54) is 186 Å². The summed E-state index contributed by atoms with van der Waals surface area (Å²) >= 11 is 0. The van der Waals surface area contributed by atoms with Crippen LogP contribution < -0.4 is 5.32 Å². The van der Waals surface area contributed by atoms with Gasteiger partial charge >= 0.3 is 5.97 Å². The van der Waals surface area contributed by atoms with Crippen LogP contribution in [0.15, 0.2) is 36.5 Å². The molecule has 3 N–H and O–H groups in total. The summed E-state index contributed by atoms with van der Waals surface area (Å²) in [6, 6.07) is -0.707. The van der Waals surface area contributed by atoms with E-state index in [-0.39, 0.29) is 24.9 Å². The van der Waals surface area contributed by atoms with Crippen molar-refractivity contribution >= 4 is 11.9 Å². The van der Waals surface area contributed by atoms with Crippen LogP contribution in [0.5, 0.6) is 0 Å². The Kier molecular flexibility index (Phi) is 53.4. The fourth-order valence-electron chi connectivity index (χ4n) is 9.20. The second-order valence-corrected chi connectivity index (χ2v) is 20.4. The Hall–Kier alpha value is -1.92. The minimum Gasteiger partial charge on any atom is -0.462 e. The summed E-state index contributed by atoms with van der Waals surface area (Å²) in [6.45, 7) is 6.49. The molecule has 3 unspecified atom stereocenters. The fourth-order valence-corrected chi connectivity index (χ4v) is 9.20. The number of carbonyl (C=O) groups is 2. The number of unbranched alkanes of at least 4 members (excludes halogenated alkanes) is 36. The van der Waals surface area contributed by atoms with E-state index in [0.717, 1.165) is 83.5 Å². The highest BCUT2D eigenvalue weighted by Crippen LogP contribution is 2.19. The summed E-state index contributed by atoms with van der Waals surface area (Å²) in [7, 11) is 0. The predicted molar refractivity (Wildman–Crippen MR) is 292 cm³/mol. The third kappa shape index (κ3) is 50.3. The number of rotatable bonds is 54. The number of amides is 1. The van der Waals surface area contributed by atoms with Gasteiger partial charge in [-0.1, -0.05) is 276 Å². The number of carbonyl (C=O) groups excluding carboxylic acids is 2. The number of aliphatic hydroxyl groups excluding tert-OH is 2. The molecule has 394 valence electrons. The third-order valence-electron chi connectivity index (χ3n) is 13.7. The smallest absolute Gasteiger partial charge is 0.306 e. The molecule has 0 aromatic carbocycles. The molecule has 3 atom stereocenters. The van der Waals surface area contributed by atoms with Crippen LogP contribution in [0, 0.1) is 0 Å². The number of ether oxygens (including phenoxy) is 1. The molecule has 0 bridgehead atoms. The second-order valence-electron chi connectivity index (χ2n) is 20.4. The zero-order valence-electron chi connectivity index (χ0n) is 45.0. The van der Waals surface area contributed by atoms with Gasteiger partial charge in [-0.05, 0) is 64.2 Å². The highest BCUT2D eigenvalue weighted by molar-refractivity contribution is 5.77. The number of esters is 1. The van der Waals surface area contributed by atoms with Gasteiger partial charge in [0.15, 0.2) is 0 Å². The first kappa shape index (κ1) is 65.1. The predicted octanol–water partition coefficient (Wildman–Crippen LogP) is 18.4. The van der Waals surface area contributed by atoms with Crippen LogP contribution in [0.2, 0.25) is 0 Å². The normalized spacial score (nSPS) is 13.3. The van der Waals surface area contributed by atoms with E-state index in [4.69, 9.17) is 4.74 Å². The van der Waals surface area contributed by atoms with E-state index in [1.54, 1.807) is 0 Å². The van der Waals surface area contributed by atoms with Gasteiger partial charge in [0, 0.05) is 6.42 Å². The monoisotopic (exact) mass is 942 g/mol. The SMILES string of the molecule is CCCCC/C=C\C/C=C\C/C=C\CCCCCCC(CC(=O)NC(CO)C(O)CCCCCCCCCCCCCCCC)OC(=O)CCCCCCCCCCCCCCCCCCC. The Morgan fingerprint density at radius 3 is 1.18 bits per heavy atom. The molecule has 0 heterocycles. The quantitative estimate of drug-likeness (QED) is 0.0321. The average molecular weight is 943 g/mol. The van der Waals surface area contributed by atoms with Gasteiger partial charge in [0.05, 0.1) is 25.2 Å². The summed E-state index contributed by atoms with van der Waals surface area (Å²) in [4.78, 5) is 26.3. The lowest BCUT2D eigenvalue weighted by molar-refractivity contribution is -0.151. The van der Waals surface area contributed by atoms with Crippen molar-refractivity contribution in [3.63, 3.8) is 0 Å². The number of allylic oxidation sites excluding steroid dienone is 6. The molecule has 0 radical (unpaired) electrons. The standard InChI is InChI=1S/C61H115NO5/c1-4-7-10-13-16-19-22-25-28-30-32-34-37-40-43-46-49-52-57(67-61(66)54-51-48-45-42-39-36-33-31-29-26-23-20-17-14-11-8-5-2)55-60(65)62-58(56-63)59(64)53-50-47-44-41-38-35-27-24-21-18-15-12-9-6-3/h16,19,25,28,32,34,57-59,63-64H,4-15,17-18,20-24,26-27,29-31,33,35-56H2,1-3H3,(H,62,65)/b19-16-,28-25-,34-32-. The molecule has 0 spiro atoms. The molecule has 6 nitrogen and oxygen atoms in total. The van der Waals surface area contributed by atoms with E-state index in [0.29, 0.717) is 19.3 Å². The lowest BCUT2D eigenvalue weighted by atomic mass is 10.0. The lowest BCUT2D eigenvalue weighted by Crippen LogP contribution is -2.46. The molecule has 0 fully saturated rings. The molecule has 1 amide bonds. The van der Waals surface area contributed by atoms with Gasteiger partial charge in [0.25, 0.3) is 0 Å². The van der Waals surface area contributed by atoms with Crippen LogP contribution in [0.4, 0.5) is 0 Å². The van der Waals surface area contributed by atoms with Gasteiger partial charge < -0.3 is 20.3 Å². The summed E-state index contributed by atoms with van der Waals surface area (Å²) in [6.07, 6.45) is 66.4. The number of nitrogens with one attached hydrogen (secondary N) is 1. The first-order valence-electron chi connectivity index (χ1n) is 29.7. The van der Waals surface area contributed by atoms with Crippen molar-refractivity contribution in [3.05, 3.63) is 36.5 Å². The van der Waals surface area contributed by atoms with Crippen molar-refractivity contribution in [1.29, 1.82) is 0 Å². The van der Waals surface area contributed by atoms with Crippen LogP contribution in [0.1, 0.15) is 316 Å². The van der Waals surface area contributed by atoms with Crippen molar-refractivity contribution in [3.8, 4) is 0 Å². The van der Waals surface area contributed by atoms with Crippen molar-refractivity contribution in [2.24, 2.45) is 0 Å². The summed E-state index contributed by atoms with van der Waals surface area (Å²) in [5, 5.41) is 23.9. The lowest BCUT2D eigenvalue weighted by Gasteiger charge is -2.24. The molecule has 0 aromatic rings. The Balaban J connectivity index is 4.57. The molecule has 0 saturated carbocycles. The van der Waals surface area contributed by atoms with Crippen LogP contribution in [0.3, 0.4) is 0 Å². The minimum atomic E-state index is -0.792. The molecule has 6 heteroatoms. The third-order valence-corrected chi connectivity index (χ3v) is 13.7. The fraction of sp³-hybridized carbons (Fsp3) is 0.869. The van der Waals surface area contributed by atoms with E-state index < -0.39 is 18.2 Å². The number of aliphatic hydroxyl groups is 2. The molecule has 0 rings (SSSR count). The van der Waals surface area contributed by atoms with Crippen LogP contribution in [-0.2, 0) is 14.3 Å². The summed E-state index contributed by atoms with van der Waals surface area (Å²) in [5.41, 5.74) is 0.